The molecule has 1 saturated heterocycles. The van der Waals surface area contributed by atoms with Crippen LogP contribution in [0.5, 0.6) is 0 Å². The molecule has 7 heteroatoms. The van der Waals surface area contributed by atoms with Crippen molar-refractivity contribution in [2.75, 3.05) is 13.1 Å². The average molecular weight is 311 g/mol. The van der Waals surface area contributed by atoms with Gasteiger partial charge >= 0.3 is 0 Å². The van der Waals surface area contributed by atoms with Crippen LogP contribution in [0.4, 0.5) is 0 Å². The molecule has 1 aromatic carbocycles. The molecule has 102 valence electrons. The van der Waals surface area contributed by atoms with E-state index >= 15 is 0 Å². The molecule has 18 heavy (non-hydrogen) atoms. The molecule has 0 radical (unpaired) electrons. The van der Waals surface area contributed by atoms with Gasteiger partial charge in [-0.05, 0) is 50.2 Å². The van der Waals surface area contributed by atoms with E-state index in [1.807, 2.05) is 0 Å². The van der Waals surface area contributed by atoms with Gasteiger partial charge in [0.25, 0.3) is 0 Å². The van der Waals surface area contributed by atoms with Gasteiger partial charge in [0.15, 0.2) is 0 Å². The Morgan fingerprint density at radius 3 is 2.28 bits per heavy atom. The zero-order chi connectivity index (χ0) is 12.3. The monoisotopic (exact) mass is 310 g/mol. The first-order valence-electron chi connectivity index (χ1n) is 5.56. The summed E-state index contributed by atoms with van der Waals surface area (Å²) in [6, 6.07) is 6.23. The Morgan fingerprint density at radius 1 is 1.17 bits per heavy atom. The molecule has 0 saturated carbocycles. The van der Waals surface area contributed by atoms with Gasteiger partial charge in [0.2, 0.25) is 10.0 Å². The fourth-order valence-electron chi connectivity index (χ4n) is 1.84. The maximum Gasteiger partial charge on any atom is 0.240 e. The van der Waals surface area contributed by atoms with E-state index in [2.05, 4.69) is 10.0 Å². The average Bonchev–Trinajstić information content (AvgIpc) is 2.30. The summed E-state index contributed by atoms with van der Waals surface area (Å²) in [4.78, 5) is 0.264. The number of nitrogens with one attached hydrogen (secondary N) is 2. The molecular weight excluding hydrogens is 295 g/mol. The van der Waals surface area contributed by atoms with E-state index in [1.165, 1.54) is 12.1 Å². The lowest BCUT2D eigenvalue weighted by Crippen LogP contribution is -2.42. The molecule has 2 N–H and O–H groups in total. The molecule has 1 aromatic rings. The third-order valence-corrected chi connectivity index (χ3v) is 4.57. The van der Waals surface area contributed by atoms with Crippen LogP contribution in [0.15, 0.2) is 29.2 Å². The fourth-order valence-corrected chi connectivity index (χ4v) is 3.27. The highest BCUT2D eigenvalue weighted by atomic mass is 35.5. The fraction of sp³-hybridized carbons (Fsp3) is 0.455. The van der Waals surface area contributed by atoms with Crippen molar-refractivity contribution < 1.29 is 8.42 Å². The molecule has 0 bridgehead atoms. The summed E-state index contributed by atoms with van der Waals surface area (Å²) in [5, 5.41) is 3.73. The van der Waals surface area contributed by atoms with E-state index in [-0.39, 0.29) is 23.3 Å². The lowest BCUT2D eigenvalue weighted by molar-refractivity contribution is 0.427. The van der Waals surface area contributed by atoms with Crippen LogP contribution in [-0.4, -0.2) is 27.5 Å². The van der Waals surface area contributed by atoms with Gasteiger partial charge in [-0.25, -0.2) is 13.1 Å². The lowest BCUT2D eigenvalue weighted by atomic mass is 10.1. The van der Waals surface area contributed by atoms with Crippen LogP contribution in [0.3, 0.4) is 0 Å². The zero-order valence-corrected chi connectivity index (χ0v) is 12.1. The third-order valence-electron chi connectivity index (χ3n) is 2.78. The predicted octanol–water partition coefficient (Wildman–Crippen LogP) is 1.79. The molecule has 0 atom stereocenters. The molecule has 0 aromatic heterocycles. The molecule has 2 rings (SSSR count). The van der Waals surface area contributed by atoms with Crippen molar-refractivity contribution in [2.45, 2.75) is 23.8 Å². The number of hydrogen-bond donors (Lipinski definition) is 2. The number of hydrogen-bond acceptors (Lipinski definition) is 3. The first-order chi connectivity index (χ1) is 8.08. The quantitative estimate of drug-likeness (QED) is 0.895. The van der Waals surface area contributed by atoms with Crippen LogP contribution in [0.2, 0.25) is 5.02 Å². The summed E-state index contributed by atoms with van der Waals surface area (Å²) >= 11 is 5.73. The van der Waals surface area contributed by atoms with E-state index in [1.54, 1.807) is 12.1 Å². The highest BCUT2D eigenvalue weighted by Crippen LogP contribution is 2.15. The van der Waals surface area contributed by atoms with Crippen molar-refractivity contribution >= 4 is 34.0 Å². The van der Waals surface area contributed by atoms with Crippen LogP contribution in [0.1, 0.15) is 12.8 Å². The van der Waals surface area contributed by atoms with Gasteiger partial charge < -0.3 is 5.32 Å². The maximum atomic E-state index is 12.0. The van der Waals surface area contributed by atoms with Crippen LogP contribution >= 0.6 is 24.0 Å². The van der Waals surface area contributed by atoms with E-state index in [4.69, 9.17) is 11.6 Å². The Bertz CT molecular complexity index is 470. The van der Waals surface area contributed by atoms with Gasteiger partial charge in [-0.1, -0.05) is 11.6 Å². The van der Waals surface area contributed by atoms with E-state index in [9.17, 15) is 8.42 Å². The van der Waals surface area contributed by atoms with Gasteiger partial charge in [-0.2, -0.15) is 0 Å². The topological polar surface area (TPSA) is 58.2 Å². The minimum atomic E-state index is -3.41. The van der Waals surface area contributed by atoms with Crippen LogP contribution < -0.4 is 10.0 Å². The van der Waals surface area contributed by atoms with Crippen molar-refractivity contribution in [3.8, 4) is 0 Å². The van der Waals surface area contributed by atoms with Crippen molar-refractivity contribution in [3.63, 3.8) is 0 Å². The summed E-state index contributed by atoms with van der Waals surface area (Å²) < 4.78 is 26.8. The van der Waals surface area contributed by atoms with Gasteiger partial charge in [-0.3, -0.25) is 0 Å². The van der Waals surface area contributed by atoms with Crippen LogP contribution in [-0.2, 0) is 10.0 Å². The standard InChI is InChI=1S/C11H15ClN2O2S.ClH/c12-9-1-3-11(4-2-9)17(15,16)14-10-5-7-13-8-6-10;/h1-4,10,13-14H,5-8H2;1H. The van der Waals surface area contributed by atoms with Gasteiger partial charge in [-0.15, -0.1) is 12.4 Å². The molecule has 0 aliphatic carbocycles. The second kappa shape index (κ2) is 6.73. The van der Waals surface area contributed by atoms with E-state index < -0.39 is 10.0 Å². The van der Waals surface area contributed by atoms with E-state index in [0.717, 1.165) is 25.9 Å². The number of halogens is 2. The van der Waals surface area contributed by atoms with Gasteiger partial charge in [0.1, 0.15) is 0 Å². The van der Waals surface area contributed by atoms with E-state index in [0.29, 0.717) is 5.02 Å². The second-order valence-electron chi connectivity index (χ2n) is 4.10. The second-order valence-corrected chi connectivity index (χ2v) is 6.25. The molecule has 0 unspecified atom stereocenters. The van der Waals surface area contributed by atoms with Crippen LogP contribution in [0.25, 0.3) is 0 Å². The van der Waals surface area contributed by atoms with Crippen molar-refractivity contribution in [2.24, 2.45) is 0 Å². The van der Waals surface area contributed by atoms with Crippen molar-refractivity contribution in [1.29, 1.82) is 0 Å². The van der Waals surface area contributed by atoms with Crippen molar-refractivity contribution in [3.05, 3.63) is 29.3 Å². The third kappa shape index (κ3) is 4.10. The molecular formula is C11H16Cl2N2O2S. The highest BCUT2D eigenvalue weighted by molar-refractivity contribution is 7.89. The summed E-state index contributed by atoms with van der Waals surface area (Å²) in [7, 11) is -3.41. The molecule has 1 aliphatic heterocycles. The Labute approximate surface area is 119 Å². The largest absolute Gasteiger partial charge is 0.317 e. The molecule has 1 fully saturated rings. The zero-order valence-electron chi connectivity index (χ0n) is 9.73. The lowest BCUT2D eigenvalue weighted by Gasteiger charge is -2.23. The van der Waals surface area contributed by atoms with Crippen molar-refractivity contribution in [1.82, 2.24) is 10.0 Å². The maximum absolute atomic E-state index is 12.0. The van der Waals surface area contributed by atoms with Gasteiger partial charge in [0.05, 0.1) is 4.90 Å². The number of piperidine rings is 1. The first kappa shape index (κ1) is 15.7. The predicted molar refractivity (Wildman–Crippen MR) is 74.9 cm³/mol. The Balaban J connectivity index is 0.00000162. The summed E-state index contributed by atoms with van der Waals surface area (Å²) in [5.41, 5.74) is 0. The molecule has 0 spiro atoms. The summed E-state index contributed by atoms with van der Waals surface area (Å²) in [5.74, 6) is 0. The SMILES string of the molecule is Cl.O=S(=O)(NC1CCNCC1)c1ccc(Cl)cc1. The normalized spacial score (nSPS) is 17.2. The Hall–Kier alpha value is -0.330. The number of benzene rings is 1. The Kier molecular flexibility index (Phi) is 5.88. The molecule has 1 heterocycles. The minimum Gasteiger partial charge on any atom is -0.317 e. The molecule has 1 aliphatic rings. The van der Waals surface area contributed by atoms with Crippen LogP contribution in [0, 0.1) is 0 Å². The summed E-state index contributed by atoms with van der Waals surface area (Å²) in [6.07, 6.45) is 1.65. The summed E-state index contributed by atoms with van der Waals surface area (Å²) in [6.45, 7) is 1.71. The molecule has 0 amide bonds. The smallest absolute Gasteiger partial charge is 0.240 e. The number of sulfonamides is 1. The Morgan fingerprint density at radius 2 is 1.72 bits per heavy atom. The highest BCUT2D eigenvalue weighted by Gasteiger charge is 2.21. The number of rotatable bonds is 3. The molecule has 4 nitrogen and oxygen atoms in total. The van der Waals surface area contributed by atoms with Gasteiger partial charge in [0, 0.05) is 11.1 Å². The first-order valence-corrected chi connectivity index (χ1v) is 7.43. The minimum absolute atomic E-state index is 0.